The monoisotopic (exact) mass is 498 g/mol. The topological polar surface area (TPSA) is 118 Å². The minimum atomic E-state index is -1.50. The van der Waals surface area contributed by atoms with E-state index in [4.69, 9.17) is 23.4 Å². The standard InChI is InChI=1S/C27H30O9/c1-13-12-16(29)15-8-9-17-18(19(15)32-13)20(21(33-14(2)28)24(3,4)35-17)34-23(31)27-11-10-26(7,22(30)36-27)25(27,5)6/h8-9,12,20-21H,10-11H2,1-7H3/t20-,21-,26?,27?/m1/s1. The quantitative estimate of drug-likeness (QED) is 0.458. The molecule has 2 aromatic rings. The molecule has 2 unspecified atom stereocenters. The van der Waals surface area contributed by atoms with Crippen LogP contribution in [0.5, 0.6) is 5.75 Å². The van der Waals surface area contributed by atoms with Crippen LogP contribution in [0.25, 0.3) is 11.0 Å². The van der Waals surface area contributed by atoms with E-state index < -0.39 is 52.1 Å². The average Bonchev–Trinajstić information content (AvgIpc) is 3.05. The van der Waals surface area contributed by atoms with Gasteiger partial charge in [-0.3, -0.25) is 14.4 Å². The summed E-state index contributed by atoms with van der Waals surface area (Å²) in [5.41, 5.74) is -4.08. The highest BCUT2D eigenvalue weighted by Gasteiger charge is 2.76. The number of hydrogen-bond acceptors (Lipinski definition) is 9. The van der Waals surface area contributed by atoms with Crippen LogP contribution < -0.4 is 10.2 Å². The molecule has 192 valence electrons. The Morgan fingerprint density at radius 2 is 1.69 bits per heavy atom. The summed E-state index contributed by atoms with van der Waals surface area (Å²) in [6, 6.07) is 4.57. The van der Waals surface area contributed by atoms with Crippen molar-refractivity contribution in [2.75, 3.05) is 0 Å². The minimum Gasteiger partial charge on any atom is -0.483 e. The van der Waals surface area contributed by atoms with Crippen LogP contribution in [0.15, 0.2) is 27.4 Å². The van der Waals surface area contributed by atoms with Crippen LogP contribution in [0.4, 0.5) is 0 Å². The first-order valence-corrected chi connectivity index (χ1v) is 12.0. The zero-order valence-electron chi connectivity index (χ0n) is 21.5. The molecule has 0 N–H and O–H groups in total. The van der Waals surface area contributed by atoms with E-state index >= 15 is 0 Å². The van der Waals surface area contributed by atoms with Crippen molar-refractivity contribution in [1.29, 1.82) is 0 Å². The number of esters is 3. The minimum absolute atomic E-state index is 0.180. The Kier molecular flexibility index (Phi) is 4.96. The summed E-state index contributed by atoms with van der Waals surface area (Å²) in [4.78, 5) is 51.6. The summed E-state index contributed by atoms with van der Waals surface area (Å²) in [7, 11) is 0. The van der Waals surface area contributed by atoms with Crippen molar-refractivity contribution in [3.63, 3.8) is 0 Å². The summed E-state index contributed by atoms with van der Waals surface area (Å²) in [5, 5.41) is 0.268. The fourth-order valence-corrected chi connectivity index (χ4v) is 5.97. The van der Waals surface area contributed by atoms with Gasteiger partial charge in [0.05, 0.1) is 16.4 Å². The molecule has 0 spiro atoms. The summed E-state index contributed by atoms with van der Waals surface area (Å²) in [5.74, 6) is -1.08. The lowest BCUT2D eigenvalue weighted by atomic mass is 9.66. The second kappa shape index (κ2) is 7.33. The first kappa shape index (κ1) is 24.3. The summed E-state index contributed by atoms with van der Waals surface area (Å²) in [6.45, 7) is 11.8. The number of aryl methyl sites for hydroxylation is 1. The van der Waals surface area contributed by atoms with E-state index in [2.05, 4.69) is 0 Å². The van der Waals surface area contributed by atoms with Crippen LogP contribution in [0.2, 0.25) is 0 Å². The maximum atomic E-state index is 13.9. The Morgan fingerprint density at radius 1 is 1.00 bits per heavy atom. The Balaban J connectivity index is 1.69. The number of carbonyl (C=O) groups excluding carboxylic acids is 3. The Labute approximate surface area is 208 Å². The molecule has 1 saturated carbocycles. The third kappa shape index (κ3) is 3.01. The van der Waals surface area contributed by atoms with E-state index in [0.29, 0.717) is 24.4 Å². The van der Waals surface area contributed by atoms with Crippen LogP contribution in [0, 0.1) is 17.8 Å². The van der Waals surface area contributed by atoms with Crippen LogP contribution in [0.3, 0.4) is 0 Å². The lowest BCUT2D eigenvalue weighted by molar-refractivity contribution is -0.206. The van der Waals surface area contributed by atoms with E-state index in [1.165, 1.54) is 13.0 Å². The van der Waals surface area contributed by atoms with Crippen molar-refractivity contribution < 1.29 is 37.7 Å². The number of ether oxygens (including phenoxy) is 4. The average molecular weight is 499 g/mol. The Bertz CT molecular complexity index is 1380. The maximum absolute atomic E-state index is 13.9. The molecular formula is C27H30O9. The molecule has 2 aliphatic heterocycles. The van der Waals surface area contributed by atoms with Crippen molar-refractivity contribution in [1.82, 2.24) is 0 Å². The molecule has 2 bridgehead atoms. The molecule has 5 rings (SSSR count). The highest BCUT2D eigenvalue weighted by Crippen LogP contribution is 2.66. The van der Waals surface area contributed by atoms with Crippen molar-refractivity contribution in [2.24, 2.45) is 10.8 Å². The lowest BCUT2D eigenvalue weighted by Crippen LogP contribution is -2.55. The van der Waals surface area contributed by atoms with Crippen LogP contribution in [-0.4, -0.2) is 35.2 Å². The zero-order valence-corrected chi connectivity index (χ0v) is 21.5. The fourth-order valence-electron chi connectivity index (χ4n) is 5.97. The van der Waals surface area contributed by atoms with Gasteiger partial charge in [-0.1, -0.05) is 13.8 Å². The van der Waals surface area contributed by atoms with Crippen LogP contribution >= 0.6 is 0 Å². The fraction of sp³-hybridized carbons (Fsp3) is 0.556. The molecule has 9 nitrogen and oxygen atoms in total. The van der Waals surface area contributed by atoms with Crippen molar-refractivity contribution >= 4 is 28.9 Å². The van der Waals surface area contributed by atoms with E-state index in [1.54, 1.807) is 39.8 Å². The van der Waals surface area contributed by atoms with Gasteiger partial charge >= 0.3 is 17.9 Å². The summed E-state index contributed by atoms with van der Waals surface area (Å²) in [6.07, 6.45) is -1.48. The molecule has 1 aliphatic carbocycles. The van der Waals surface area contributed by atoms with Gasteiger partial charge in [-0.2, -0.15) is 0 Å². The first-order chi connectivity index (χ1) is 16.6. The van der Waals surface area contributed by atoms with Crippen molar-refractivity contribution in [2.45, 2.75) is 84.7 Å². The van der Waals surface area contributed by atoms with Gasteiger partial charge in [-0.05, 0) is 52.7 Å². The number of hydrogen-bond donors (Lipinski definition) is 0. The Morgan fingerprint density at radius 3 is 2.28 bits per heavy atom. The molecule has 1 saturated heterocycles. The molecule has 3 heterocycles. The number of benzene rings is 1. The zero-order chi connectivity index (χ0) is 26.4. The normalized spacial score (nSPS) is 31.4. The molecule has 9 heteroatoms. The number of carbonyl (C=O) groups is 3. The van der Waals surface area contributed by atoms with Crippen molar-refractivity contribution in [3.8, 4) is 5.75 Å². The van der Waals surface area contributed by atoms with Gasteiger partial charge in [0.25, 0.3) is 0 Å². The molecule has 0 amide bonds. The van der Waals surface area contributed by atoms with Crippen molar-refractivity contribution in [3.05, 3.63) is 39.7 Å². The third-order valence-corrected chi connectivity index (χ3v) is 8.58. The predicted molar refractivity (Wildman–Crippen MR) is 126 cm³/mol. The van der Waals surface area contributed by atoms with Crippen LogP contribution in [0.1, 0.15) is 71.8 Å². The molecule has 4 atom stereocenters. The van der Waals surface area contributed by atoms with Gasteiger partial charge in [0.1, 0.15) is 22.7 Å². The first-order valence-electron chi connectivity index (χ1n) is 12.0. The highest BCUT2D eigenvalue weighted by atomic mass is 16.6. The second-order valence-corrected chi connectivity index (χ2v) is 11.3. The lowest BCUT2D eigenvalue weighted by Gasteiger charge is -2.44. The van der Waals surface area contributed by atoms with E-state index in [1.807, 2.05) is 13.8 Å². The van der Waals surface area contributed by atoms with Gasteiger partial charge in [0, 0.05) is 18.4 Å². The predicted octanol–water partition coefficient (Wildman–Crippen LogP) is 3.91. The van der Waals surface area contributed by atoms with Gasteiger partial charge in [0.2, 0.25) is 5.60 Å². The summed E-state index contributed by atoms with van der Waals surface area (Å²) >= 11 is 0. The molecule has 0 radical (unpaired) electrons. The molecule has 2 fully saturated rings. The van der Waals surface area contributed by atoms with Gasteiger partial charge in [-0.15, -0.1) is 0 Å². The molecule has 1 aromatic carbocycles. The van der Waals surface area contributed by atoms with Crippen LogP contribution in [-0.2, 0) is 28.6 Å². The largest absolute Gasteiger partial charge is 0.483 e. The molecule has 3 aliphatic rings. The molecule has 1 aromatic heterocycles. The maximum Gasteiger partial charge on any atom is 0.351 e. The molecular weight excluding hydrogens is 468 g/mol. The van der Waals surface area contributed by atoms with Gasteiger partial charge in [0.15, 0.2) is 17.6 Å². The van der Waals surface area contributed by atoms with E-state index in [-0.39, 0.29) is 22.0 Å². The SMILES string of the molecule is CC(=O)O[C@@H]1[C@H](OC(=O)C23CCC(C)(C(=O)O2)C3(C)C)c2c(ccc3c(=O)cc(C)oc23)OC1(C)C. The van der Waals surface area contributed by atoms with E-state index in [0.717, 1.165) is 0 Å². The third-order valence-electron chi connectivity index (χ3n) is 8.58. The van der Waals surface area contributed by atoms with Gasteiger partial charge < -0.3 is 23.4 Å². The van der Waals surface area contributed by atoms with E-state index in [9.17, 15) is 19.2 Å². The summed E-state index contributed by atoms with van der Waals surface area (Å²) < 4.78 is 29.6. The number of rotatable bonds is 3. The highest BCUT2D eigenvalue weighted by molar-refractivity contribution is 5.94. The number of fused-ring (bicyclic) bond motifs is 5. The molecule has 36 heavy (non-hydrogen) atoms. The smallest absolute Gasteiger partial charge is 0.351 e. The Hall–Kier alpha value is -3.36. The second-order valence-electron chi connectivity index (χ2n) is 11.3. The van der Waals surface area contributed by atoms with Gasteiger partial charge in [-0.25, -0.2) is 4.79 Å².